The van der Waals surface area contributed by atoms with Gasteiger partial charge < -0.3 is 10.2 Å². The first-order valence-electron chi connectivity index (χ1n) is 6.30. The van der Waals surface area contributed by atoms with E-state index in [2.05, 4.69) is 35.1 Å². The number of nitrogens with one attached hydrogen (secondary N) is 1. The number of hydrogen-bond acceptors (Lipinski definition) is 3. The van der Waals surface area contributed by atoms with Gasteiger partial charge in [0.25, 0.3) is 0 Å². The predicted molar refractivity (Wildman–Crippen MR) is 72.6 cm³/mol. The summed E-state index contributed by atoms with van der Waals surface area (Å²) in [6.45, 7) is 8.36. The number of halogens is 1. The second kappa shape index (κ2) is 5.69. The fourth-order valence-corrected chi connectivity index (χ4v) is 2.35. The Balaban J connectivity index is 2.12. The van der Waals surface area contributed by atoms with Crippen molar-refractivity contribution >= 4 is 17.4 Å². The summed E-state index contributed by atoms with van der Waals surface area (Å²) in [7, 11) is 0. The van der Waals surface area contributed by atoms with Gasteiger partial charge in [-0.2, -0.15) is 0 Å². The summed E-state index contributed by atoms with van der Waals surface area (Å²) in [5.74, 6) is 1.83. The Kier molecular flexibility index (Phi) is 4.24. The maximum Gasteiger partial charge on any atom is 0.128 e. The van der Waals surface area contributed by atoms with Crippen LogP contribution in [0.2, 0.25) is 5.02 Å². The molecule has 0 bridgehead atoms. The van der Waals surface area contributed by atoms with Crippen molar-refractivity contribution in [2.75, 3.05) is 24.5 Å². The Hall–Kier alpha value is -0.800. The minimum atomic E-state index is 0.752. The van der Waals surface area contributed by atoms with Crippen LogP contribution in [0.3, 0.4) is 0 Å². The Labute approximate surface area is 108 Å². The van der Waals surface area contributed by atoms with Crippen LogP contribution < -0.4 is 10.2 Å². The molecule has 1 aromatic rings. The van der Waals surface area contributed by atoms with Gasteiger partial charge in [0.15, 0.2) is 0 Å². The van der Waals surface area contributed by atoms with Gasteiger partial charge in [-0.25, -0.2) is 4.98 Å². The number of pyridine rings is 1. The standard InChI is InChI=1S/C13H20ClN3/c1-3-15-7-11-6-13(16-8-12(11)14)17-5-4-10(2)9-17/h6,8,10,15H,3-5,7,9H2,1-2H3. The van der Waals surface area contributed by atoms with Crippen LogP contribution in [0.5, 0.6) is 0 Å². The second-order valence-electron chi connectivity index (χ2n) is 4.75. The summed E-state index contributed by atoms with van der Waals surface area (Å²) < 4.78 is 0. The summed E-state index contributed by atoms with van der Waals surface area (Å²) in [4.78, 5) is 6.77. The molecule has 1 N–H and O–H groups in total. The highest BCUT2D eigenvalue weighted by atomic mass is 35.5. The molecule has 3 nitrogen and oxygen atoms in total. The lowest BCUT2D eigenvalue weighted by atomic mass is 10.2. The monoisotopic (exact) mass is 253 g/mol. The number of anilines is 1. The van der Waals surface area contributed by atoms with E-state index in [1.807, 2.05) is 0 Å². The van der Waals surface area contributed by atoms with Gasteiger partial charge in [0.2, 0.25) is 0 Å². The first kappa shape index (κ1) is 12.7. The van der Waals surface area contributed by atoms with Crippen molar-refractivity contribution in [3.05, 3.63) is 22.8 Å². The number of aromatic nitrogens is 1. The molecule has 1 fully saturated rings. The third-order valence-corrected chi connectivity index (χ3v) is 3.57. The third kappa shape index (κ3) is 3.11. The molecule has 94 valence electrons. The Morgan fingerprint density at radius 1 is 1.59 bits per heavy atom. The SMILES string of the molecule is CCNCc1cc(N2CCC(C)C2)ncc1Cl. The van der Waals surface area contributed by atoms with Crippen LogP contribution >= 0.6 is 11.6 Å². The smallest absolute Gasteiger partial charge is 0.128 e. The number of nitrogens with zero attached hydrogens (tertiary/aromatic N) is 2. The molecule has 1 aromatic heterocycles. The molecule has 2 rings (SSSR count). The van der Waals surface area contributed by atoms with E-state index in [0.717, 1.165) is 48.5 Å². The van der Waals surface area contributed by atoms with E-state index >= 15 is 0 Å². The van der Waals surface area contributed by atoms with E-state index in [1.54, 1.807) is 6.20 Å². The molecule has 1 atom stereocenters. The Morgan fingerprint density at radius 2 is 2.41 bits per heavy atom. The van der Waals surface area contributed by atoms with Gasteiger partial charge in [0, 0.05) is 25.8 Å². The molecule has 1 saturated heterocycles. The fraction of sp³-hybridized carbons (Fsp3) is 0.615. The van der Waals surface area contributed by atoms with E-state index in [-0.39, 0.29) is 0 Å². The average molecular weight is 254 g/mol. The lowest BCUT2D eigenvalue weighted by Gasteiger charge is -2.18. The molecule has 0 amide bonds. The molecule has 2 heterocycles. The van der Waals surface area contributed by atoms with Crippen LogP contribution in [-0.4, -0.2) is 24.6 Å². The maximum atomic E-state index is 6.15. The van der Waals surface area contributed by atoms with Gasteiger partial charge in [-0.05, 0) is 30.5 Å². The highest BCUT2D eigenvalue weighted by Gasteiger charge is 2.20. The number of rotatable bonds is 4. The molecule has 0 aliphatic carbocycles. The normalized spacial score (nSPS) is 19.9. The molecule has 17 heavy (non-hydrogen) atoms. The van der Waals surface area contributed by atoms with Crippen LogP contribution in [0.25, 0.3) is 0 Å². The quantitative estimate of drug-likeness (QED) is 0.894. The summed E-state index contributed by atoms with van der Waals surface area (Å²) in [6, 6.07) is 2.11. The van der Waals surface area contributed by atoms with Gasteiger partial charge in [-0.1, -0.05) is 25.4 Å². The molecule has 0 saturated carbocycles. The largest absolute Gasteiger partial charge is 0.356 e. The molecular weight excluding hydrogens is 234 g/mol. The first-order valence-corrected chi connectivity index (χ1v) is 6.68. The van der Waals surface area contributed by atoms with Gasteiger partial charge in [0.1, 0.15) is 5.82 Å². The Morgan fingerprint density at radius 3 is 3.06 bits per heavy atom. The molecule has 1 aliphatic heterocycles. The summed E-state index contributed by atoms with van der Waals surface area (Å²) in [5, 5.41) is 4.05. The van der Waals surface area contributed by atoms with Crippen molar-refractivity contribution in [2.24, 2.45) is 5.92 Å². The summed E-state index contributed by atoms with van der Waals surface area (Å²) in [6.07, 6.45) is 3.03. The lowest BCUT2D eigenvalue weighted by Crippen LogP contribution is -2.21. The van der Waals surface area contributed by atoms with Crippen molar-refractivity contribution in [3.8, 4) is 0 Å². The van der Waals surface area contributed by atoms with Gasteiger partial charge >= 0.3 is 0 Å². The lowest BCUT2D eigenvalue weighted by molar-refractivity contribution is 0.658. The topological polar surface area (TPSA) is 28.2 Å². The van der Waals surface area contributed by atoms with Crippen molar-refractivity contribution in [1.29, 1.82) is 0 Å². The molecule has 1 unspecified atom stereocenters. The van der Waals surface area contributed by atoms with Gasteiger partial charge in [-0.3, -0.25) is 0 Å². The van der Waals surface area contributed by atoms with Crippen molar-refractivity contribution < 1.29 is 0 Å². The number of hydrogen-bond donors (Lipinski definition) is 1. The van der Waals surface area contributed by atoms with Crippen LogP contribution in [0, 0.1) is 5.92 Å². The van der Waals surface area contributed by atoms with E-state index < -0.39 is 0 Å². The van der Waals surface area contributed by atoms with Gasteiger partial charge in [0.05, 0.1) is 5.02 Å². The zero-order chi connectivity index (χ0) is 12.3. The third-order valence-electron chi connectivity index (χ3n) is 3.23. The first-order chi connectivity index (χ1) is 8.20. The van der Waals surface area contributed by atoms with Crippen molar-refractivity contribution in [3.63, 3.8) is 0 Å². The zero-order valence-electron chi connectivity index (χ0n) is 10.5. The van der Waals surface area contributed by atoms with Crippen molar-refractivity contribution in [2.45, 2.75) is 26.8 Å². The van der Waals surface area contributed by atoms with Crippen LogP contribution in [-0.2, 0) is 6.54 Å². The highest BCUT2D eigenvalue weighted by molar-refractivity contribution is 6.31. The minimum Gasteiger partial charge on any atom is -0.356 e. The molecule has 0 radical (unpaired) electrons. The van der Waals surface area contributed by atoms with Crippen LogP contribution in [0.1, 0.15) is 25.8 Å². The fourth-order valence-electron chi connectivity index (χ4n) is 2.18. The minimum absolute atomic E-state index is 0.752. The summed E-state index contributed by atoms with van der Waals surface area (Å²) in [5.41, 5.74) is 1.14. The van der Waals surface area contributed by atoms with Crippen molar-refractivity contribution in [1.82, 2.24) is 10.3 Å². The maximum absolute atomic E-state index is 6.15. The van der Waals surface area contributed by atoms with Crippen LogP contribution in [0.15, 0.2) is 12.3 Å². The highest BCUT2D eigenvalue weighted by Crippen LogP contribution is 2.25. The average Bonchev–Trinajstić information content (AvgIpc) is 2.75. The van der Waals surface area contributed by atoms with E-state index in [1.165, 1.54) is 6.42 Å². The molecular formula is C13H20ClN3. The molecule has 0 spiro atoms. The van der Waals surface area contributed by atoms with E-state index in [9.17, 15) is 0 Å². The molecule has 0 aromatic carbocycles. The Bertz CT molecular complexity index is 381. The van der Waals surface area contributed by atoms with Gasteiger partial charge in [-0.15, -0.1) is 0 Å². The summed E-state index contributed by atoms with van der Waals surface area (Å²) >= 11 is 6.15. The van der Waals surface area contributed by atoms with E-state index in [0.29, 0.717) is 0 Å². The molecule has 1 aliphatic rings. The predicted octanol–water partition coefficient (Wildman–Crippen LogP) is 2.69. The van der Waals surface area contributed by atoms with E-state index in [4.69, 9.17) is 11.6 Å². The van der Waals surface area contributed by atoms with Crippen LogP contribution in [0.4, 0.5) is 5.82 Å². The second-order valence-corrected chi connectivity index (χ2v) is 5.16. The zero-order valence-corrected chi connectivity index (χ0v) is 11.3. The molecule has 4 heteroatoms.